The van der Waals surface area contributed by atoms with Gasteiger partial charge in [-0.15, -0.1) is 0 Å². The maximum Gasteiger partial charge on any atom is 0.257 e. The van der Waals surface area contributed by atoms with Crippen molar-refractivity contribution >= 4 is 68.0 Å². The number of carbonyl (C=O) groups excluding carboxylic acids is 4. The molecular formula is C54H67N5O11Si2. The van der Waals surface area contributed by atoms with Crippen molar-refractivity contribution in [2.45, 2.75) is 69.9 Å². The van der Waals surface area contributed by atoms with Crippen LogP contribution in [0.15, 0.2) is 84.9 Å². The van der Waals surface area contributed by atoms with Gasteiger partial charge in [0, 0.05) is 72.3 Å². The van der Waals surface area contributed by atoms with E-state index in [2.05, 4.69) is 39.3 Å². The zero-order chi connectivity index (χ0) is 51.5. The van der Waals surface area contributed by atoms with Gasteiger partial charge in [0.1, 0.15) is 31.3 Å². The van der Waals surface area contributed by atoms with Crippen molar-refractivity contribution in [1.29, 1.82) is 0 Å². The number of benzene rings is 4. The second kappa shape index (κ2) is 21.6. The Balaban J connectivity index is 1.01. The molecule has 382 valence electrons. The molecule has 4 heterocycles. The highest BCUT2D eigenvalue weighted by molar-refractivity contribution is 6.76. The lowest BCUT2D eigenvalue weighted by Crippen LogP contribution is -2.45. The van der Waals surface area contributed by atoms with Crippen LogP contribution in [0.2, 0.25) is 51.4 Å². The third-order valence-corrected chi connectivity index (χ3v) is 16.7. The summed E-state index contributed by atoms with van der Waals surface area (Å²) in [5.41, 5.74) is 11.5. The van der Waals surface area contributed by atoms with E-state index >= 15 is 0 Å². The van der Waals surface area contributed by atoms with Crippen LogP contribution in [-0.4, -0.2) is 136 Å². The van der Waals surface area contributed by atoms with Gasteiger partial charge in [-0.25, -0.2) is 0 Å². The third-order valence-electron chi connectivity index (χ3n) is 13.2. The van der Waals surface area contributed by atoms with Crippen molar-refractivity contribution in [2.24, 2.45) is 0 Å². The number of ether oxygens (including phenoxy) is 7. The number of carbonyl (C=O) groups is 4. The molecule has 0 aromatic heterocycles. The molecule has 8 rings (SSSR count). The number of nitrogen functional groups attached to an aromatic ring is 1. The maximum atomic E-state index is 14.6. The predicted molar refractivity (Wildman–Crippen MR) is 284 cm³/mol. The highest BCUT2D eigenvalue weighted by atomic mass is 28.3. The van der Waals surface area contributed by atoms with E-state index in [0.29, 0.717) is 65.4 Å². The summed E-state index contributed by atoms with van der Waals surface area (Å²) in [6, 6.07) is 21.6. The van der Waals surface area contributed by atoms with E-state index < -0.39 is 28.2 Å². The Morgan fingerprint density at radius 3 is 1.49 bits per heavy atom. The first kappa shape index (κ1) is 51.7. The van der Waals surface area contributed by atoms with Crippen LogP contribution in [0.25, 0.3) is 11.1 Å². The number of fused-ring (bicyclic) bond motifs is 4. The van der Waals surface area contributed by atoms with Crippen LogP contribution >= 0.6 is 0 Å². The molecule has 0 spiro atoms. The number of hydrogen-bond acceptors (Lipinski definition) is 12. The number of nitrogens with two attached hydrogens (primary N) is 1. The van der Waals surface area contributed by atoms with Gasteiger partial charge in [-0.1, -0.05) is 69.6 Å². The third kappa shape index (κ3) is 11.2. The van der Waals surface area contributed by atoms with E-state index in [4.69, 9.17) is 38.9 Å². The average Bonchev–Trinajstić information content (AvgIpc) is 3.98. The Morgan fingerprint density at radius 2 is 1.03 bits per heavy atom. The molecule has 0 fully saturated rings. The highest BCUT2D eigenvalue weighted by Gasteiger charge is 2.45. The largest absolute Gasteiger partial charge is 0.497 e. The first-order valence-corrected chi connectivity index (χ1v) is 31.8. The molecular weight excluding hydrogens is 951 g/mol. The lowest BCUT2D eigenvalue weighted by atomic mass is 10.0. The number of nitrogens with zero attached hydrogens (tertiary/aromatic N) is 4. The summed E-state index contributed by atoms with van der Waals surface area (Å²) in [5, 5.41) is 0. The van der Waals surface area contributed by atoms with Crippen LogP contribution in [0.1, 0.15) is 38.3 Å². The summed E-state index contributed by atoms with van der Waals surface area (Å²) in [5.74, 6) is 0.738. The summed E-state index contributed by atoms with van der Waals surface area (Å²) in [6.45, 7) is 15.1. The molecule has 0 bridgehead atoms. The topological polar surface area (TPSA) is 172 Å². The zero-order valence-corrected chi connectivity index (χ0v) is 44.9. The SMILES string of the molecule is COc1ccc(C2=C[C@H]3C(=O)N(COCC[Si](C)(C)C)c4cc(OCCCOc5cc6c(cc5OC)C(=O)N5CC(c7ccccc7N)=C[C@H]5C(=O)N6COCC[Si](C)(C)C)c(OC)cc4C(=O)N3C2)cc1. The maximum absolute atomic E-state index is 14.6. The fourth-order valence-corrected chi connectivity index (χ4v) is 10.6. The summed E-state index contributed by atoms with van der Waals surface area (Å²) in [4.78, 5) is 64.3. The highest BCUT2D eigenvalue weighted by Crippen LogP contribution is 2.43. The average molecular weight is 1020 g/mol. The normalized spacial score (nSPS) is 17.7. The summed E-state index contributed by atoms with van der Waals surface area (Å²) >= 11 is 0. The van der Waals surface area contributed by atoms with Gasteiger partial charge < -0.3 is 48.7 Å². The van der Waals surface area contributed by atoms with Crippen LogP contribution in [-0.2, 0) is 19.1 Å². The molecule has 4 amide bonds. The molecule has 0 radical (unpaired) electrons. The number of methoxy groups -OCH3 is 3. The van der Waals surface area contributed by atoms with Crippen molar-refractivity contribution in [3.8, 4) is 28.7 Å². The molecule has 0 unspecified atom stereocenters. The van der Waals surface area contributed by atoms with Gasteiger partial charge in [0.25, 0.3) is 23.6 Å². The van der Waals surface area contributed by atoms with Crippen molar-refractivity contribution in [3.63, 3.8) is 0 Å². The summed E-state index contributed by atoms with van der Waals surface area (Å²) in [7, 11) is 1.71. The van der Waals surface area contributed by atoms with Gasteiger partial charge in [0.15, 0.2) is 23.0 Å². The summed E-state index contributed by atoms with van der Waals surface area (Å²) in [6.07, 6.45) is 4.05. The first-order valence-electron chi connectivity index (χ1n) is 24.4. The number of rotatable bonds is 21. The molecule has 0 saturated heterocycles. The minimum Gasteiger partial charge on any atom is -0.497 e. The summed E-state index contributed by atoms with van der Waals surface area (Å²) < 4.78 is 42.0. The van der Waals surface area contributed by atoms with Crippen molar-refractivity contribution in [1.82, 2.24) is 9.80 Å². The molecule has 4 aliphatic rings. The Bertz CT molecular complexity index is 2770. The van der Waals surface area contributed by atoms with Crippen LogP contribution in [0.3, 0.4) is 0 Å². The lowest BCUT2D eigenvalue weighted by molar-refractivity contribution is -0.122. The number of para-hydroxylation sites is 1. The van der Waals surface area contributed by atoms with E-state index in [-0.39, 0.29) is 74.5 Å². The van der Waals surface area contributed by atoms with Crippen LogP contribution in [0.5, 0.6) is 28.7 Å². The van der Waals surface area contributed by atoms with Crippen LogP contribution in [0.4, 0.5) is 17.1 Å². The van der Waals surface area contributed by atoms with Crippen molar-refractivity contribution in [3.05, 3.63) is 107 Å². The van der Waals surface area contributed by atoms with E-state index in [1.807, 2.05) is 54.6 Å². The van der Waals surface area contributed by atoms with Crippen molar-refractivity contribution < 1.29 is 52.3 Å². The molecule has 72 heavy (non-hydrogen) atoms. The standard InChI is InChI=1S/C54H67N5O11Si2/c1-64-38-17-15-35(16-18-38)36-25-45-53(62)58(33-67-21-23-71(4,5)6)43-29-49(47(65-2)27-40(43)51(60)56(45)31-36)69-19-12-20-70-50-30-44-41(28-48(50)66-3)52(61)57-32-37(39-13-10-11-14-42(39)55)26-46(57)54(63)59(44)34-68-22-24-72(7,8)9/h10-11,13-18,25-30,45-46H,12,19-24,31-34,55H2,1-9H3/t45-,46-/m0/s1. The molecule has 2 atom stereocenters. The lowest BCUT2D eigenvalue weighted by Gasteiger charge is -2.26. The van der Waals surface area contributed by atoms with Gasteiger partial charge in [-0.05, 0) is 71.3 Å². The quantitative estimate of drug-likeness (QED) is 0.0482. The Morgan fingerprint density at radius 1 is 0.556 bits per heavy atom. The molecule has 4 aromatic carbocycles. The molecule has 0 aliphatic carbocycles. The van der Waals surface area contributed by atoms with Crippen molar-refractivity contribution in [2.75, 3.05) is 89.8 Å². The van der Waals surface area contributed by atoms with E-state index in [0.717, 1.165) is 34.4 Å². The van der Waals surface area contributed by atoms with Gasteiger partial charge in [0.2, 0.25) is 0 Å². The fraction of sp³-hybridized carbons (Fsp3) is 0.407. The minimum atomic E-state index is -1.45. The molecule has 16 nitrogen and oxygen atoms in total. The second-order valence-electron chi connectivity index (χ2n) is 20.8. The fourth-order valence-electron chi connectivity index (χ4n) is 9.05. The second-order valence-corrected chi connectivity index (χ2v) is 32.0. The minimum absolute atomic E-state index is 0.0552. The van der Waals surface area contributed by atoms with Gasteiger partial charge in [-0.3, -0.25) is 29.0 Å². The Kier molecular flexibility index (Phi) is 15.5. The molecule has 4 aromatic rings. The van der Waals surface area contributed by atoms with E-state index in [1.165, 1.54) is 24.0 Å². The van der Waals surface area contributed by atoms with Crippen LogP contribution < -0.4 is 39.2 Å². The van der Waals surface area contributed by atoms with Gasteiger partial charge >= 0.3 is 0 Å². The monoisotopic (exact) mass is 1020 g/mol. The smallest absolute Gasteiger partial charge is 0.257 e. The van der Waals surface area contributed by atoms with E-state index in [1.54, 1.807) is 47.2 Å². The number of hydrogen-bond donors (Lipinski definition) is 1. The Labute approximate surface area is 424 Å². The number of amides is 4. The molecule has 4 aliphatic heterocycles. The predicted octanol–water partition coefficient (Wildman–Crippen LogP) is 8.28. The molecule has 0 saturated carbocycles. The first-order chi connectivity index (χ1) is 34.4. The van der Waals surface area contributed by atoms with Gasteiger partial charge in [0.05, 0.1) is 57.0 Å². The van der Waals surface area contributed by atoms with Gasteiger partial charge in [-0.2, -0.15) is 0 Å². The Hall–Kier alpha value is -6.61. The van der Waals surface area contributed by atoms with Crippen LogP contribution in [0, 0.1) is 0 Å². The van der Waals surface area contributed by atoms with E-state index in [9.17, 15) is 19.2 Å². The zero-order valence-electron chi connectivity index (χ0n) is 42.9. The molecule has 2 N–H and O–H groups in total. The number of anilines is 3. The molecule has 18 heteroatoms.